The van der Waals surface area contributed by atoms with Crippen LogP contribution in [0.1, 0.15) is 20.8 Å². The zero-order chi connectivity index (χ0) is 29.0. The van der Waals surface area contributed by atoms with Gasteiger partial charge in [0.2, 0.25) is 0 Å². The van der Waals surface area contributed by atoms with E-state index in [0.717, 1.165) is 20.8 Å². The van der Waals surface area contributed by atoms with Gasteiger partial charge in [-0.25, -0.2) is 0 Å². The van der Waals surface area contributed by atoms with Crippen LogP contribution in [0.25, 0.3) is 0 Å². The van der Waals surface area contributed by atoms with E-state index in [-0.39, 0.29) is 0 Å². The van der Waals surface area contributed by atoms with Gasteiger partial charge in [-0.15, -0.1) is 0 Å². The average Bonchev–Trinajstić information content (AvgIpc) is 2.85. The quantitative estimate of drug-likeness (QED) is 0.119. The van der Waals surface area contributed by atoms with Crippen molar-refractivity contribution in [2.75, 3.05) is 19.8 Å². The Morgan fingerprint density at radius 3 is 1.95 bits per heavy atom. The molecular formula is C22H34O17. The Hall–Kier alpha value is -2.03. The molecule has 3 fully saturated rings. The maximum absolute atomic E-state index is 11.5. The summed E-state index contributed by atoms with van der Waals surface area (Å²) >= 11 is 0. The van der Waals surface area contributed by atoms with E-state index in [1.165, 1.54) is 0 Å². The molecule has 0 aromatic rings. The zero-order valence-electron chi connectivity index (χ0n) is 21.3. The minimum absolute atomic E-state index is 0.391. The highest BCUT2D eigenvalue weighted by molar-refractivity contribution is 5.67. The molecule has 0 aromatic carbocycles. The molecule has 224 valence electrons. The third-order valence-corrected chi connectivity index (χ3v) is 6.15. The average molecular weight is 570 g/mol. The first-order chi connectivity index (χ1) is 18.3. The summed E-state index contributed by atoms with van der Waals surface area (Å²) in [4.78, 5) is 34.4. The Morgan fingerprint density at radius 2 is 1.33 bits per heavy atom. The number of rotatable bonds is 8. The second kappa shape index (κ2) is 13.6. The van der Waals surface area contributed by atoms with Crippen molar-refractivity contribution < 1.29 is 82.9 Å². The number of hydrogen-bond donors (Lipinski definition) is 6. The lowest BCUT2D eigenvalue weighted by Crippen LogP contribution is -2.65. The molecule has 3 saturated heterocycles. The summed E-state index contributed by atoms with van der Waals surface area (Å²) in [7, 11) is 0. The topological polar surface area (TPSA) is 246 Å². The normalized spacial score (nSPS) is 42.8. The highest BCUT2D eigenvalue weighted by Crippen LogP contribution is 2.31. The van der Waals surface area contributed by atoms with Gasteiger partial charge < -0.3 is 68.5 Å². The van der Waals surface area contributed by atoms with Crippen molar-refractivity contribution in [3.05, 3.63) is 0 Å². The van der Waals surface area contributed by atoms with Gasteiger partial charge in [0.25, 0.3) is 0 Å². The third kappa shape index (κ3) is 7.80. The second-order valence-electron chi connectivity index (χ2n) is 9.22. The van der Waals surface area contributed by atoms with Gasteiger partial charge in [-0.1, -0.05) is 0 Å². The van der Waals surface area contributed by atoms with Crippen molar-refractivity contribution in [2.45, 2.75) is 101 Å². The van der Waals surface area contributed by atoms with E-state index in [4.69, 9.17) is 37.9 Å². The maximum Gasteiger partial charge on any atom is 0.303 e. The molecule has 39 heavy (non-hydrogen) atoms. The Labute approximate surface area is 222 Å². The summed E-state index contributed by atoms with van der Waals surface area (Å²) in [5.74, 6) is -2.32. The fourth-order valence-corrected chi connectivity index (χ4v) is 4.26. The Kier molecular flexibility index (Phi) is 10.9. The number of aliphatic hydroxyl groups is 6. The number of aliphatic hydroxyl groups excluding tert-OH is 6. The van der Waals surface area contributed by atoms with E-state index in [1.54, 1.807) is 0 Å². The van der Waals surface area contributed by atoms with Gasteiger partial charge in [0, 0.05) is 20.8 Å². The van der Waals surface area contributed by atoms with Crippen molar-refractivity contribution in [3.8, 4) is 0 Å². The molecule has 13 atom stereocenters. The van der Waals surface area contributed by atoms with Crippen LogP contribution < -0.4 is 0 Å². The lowest BCUT2D eigenvalue weighted by Gasteiger charge is -2.46. The minimum Gasteiger partial charge on any atom is -0.463 e. The molecule has 0 radical (unpaired) electrons. The van der Waals surface area contributed by atoms with Crippen LogP contribution in [0.2, 0.25) is 0 Å². The number of hydrogen-bond acceptors (Lipinski definition) is 17. The monoisotopic (exact) mass is 570 g/mol. The van der Waals surface area contributed by atoms with Gasteiger partial charge in [0.1, 0.15) is 55.4 Å². The highest BCUT2D eigenvalue weighted by atomic mass is 16.8. The van der Waals surface area contributed by atoms with Crippen LogP contribution in [0.15, 0.2) is 0 Å². The van der Waals surface area contributed by atoms with Crippen molar-refractivity contribution in [1.82, 2.24) is 0 Å². The van der Waals surface area contributed by atoms with Gasteiger partial charge in [-0.05, 0) is 0 Å². The van der Waals surface area contributed by atoms with Gasteiger partial charge >= 0.3 is 17.9 Å². The fourth-order valence-electron chi connectivity index (χ4n) is 4.26. The number of ether oxygens (including phenoxy) is 8. The molecule has 0 unspecified atom stereocenters. The lowest BCUT2D eigenvalue weighted by molar-refractivity contribution is -0.376. The molecule has 0 bridgehead atoms. The van der Waals surface area contributed by atoms with E-state index in [9.17, 15) is 45.0 Å². The van der Waals surface area contributed by atoms with Crippen LogP contribution in [0.4, 0.5) is 0 Å². The summed E-state index contributed by atoms with van der Waals surface area (Å²) in [6.45, 7) is 1.90. The Morgan fingerprint density at radius 1 is 0.692 bits per heavy atom. The van der Waals surface area contributed by atoms with E-state index in [1.807, 2.05) is 0 Å². The first-order valence-electron chi connectivity index (χ1n) is 12.1. The van der Waals surface area contributed by atoms with E-state index in [2.05, 4.69) is 0 Å². The van der Waals surface area contributed by atoms with Crippen LogP contribution in [0, 0.1) is 0 Å². The Bertz CT molecular complexity index is 854. The van der Waals surface area contributed by atoms with Crippen LogP contribution >= 0.6 is 0 Å². The zero-order valence-corrected chi connectivity index (χ0v) is 21.3. The molecule has 0 saturated carbocycles. The summed E-state index contributed by atoms with van der Waals surface area (Å²) in [5, 5.41) is 62.6. The molecule has 3 aliphatic rings. The molecule has 3 heterocycles. The van der Waals surface area contributed by atoms with Gasteiger partial charge in [0.05, 0.1) is 13.2 Å². The van der Waals surface area contributed by atoms with Gasteiger partial charge in [0.15, 0.2) is 31.1 Å². The number of carbonyl (C=O) groups excluding carboxylic acids is 3. The molecule has 0 spiro atoms. The van der Waals surface area contributed by atoms with Gasteiger partial charge in [-0.2, -0.15) is 0 Å². The van der Waals surface area contributed by atoms with Crippen molar-refractivity contribution in [1.29, 1.82) is 0 Å². The first-order valence-corrected chi connectivity index (χ1v) is 12.1. The van der Waals surface area contributed by atoms with Gasteiger partial charge in [-0.3, -0.25) is 14.4 Å². The predicted octanol–water partition coefficient (Wildman–Crippen LogP) is -4.58. The molecule has 0 aliphatic carbocycles. The van der Waals surface area contributed by atoms with E-state index >= 15 is 0 Å². The molecular weight excluding hydrogens is 536 g/mol. The summed E-state index contributed by atoms with van der Waals surface area (Å²) in [6.07, 6.45) is -21.0. The third-order valence-electron chi connectivity index (χ3n) is 6.15. The van der Waals surface area contributed by atoms with Crippen molar-refractivity contribution in [3.63, 3.8) is 0 Å². The maximum atomic E-state index is 11.5. The minimum atomic E-state index is -1.90. The largest absolute Gasteiger partial charge is 0.463 e. The van der Waals surface area contributed by atoms with Crippen LogP contribution in [-0.2, 0) is 52.3 Å². The number of carbonyl (C=O) groups is 3. The smallest absolute Gasteiger partial charge is 0.303 e. The molecule has 3 rings (SSSR count). The van der Waals surface area contributed by atoms with Crippen LogP contribution in [-0.4, -0.2) is 148 Å². The lowest BCUT2D eigenvalue weighted by atomic mass is 9.98. The summed E-state index contributed by atoms with van der Waals surface area (Å²) in [5.41, 5.74) is 0. The SMILES string of the molecule is CC(=O)OC[C@H]1O[C@@H](O[C@H]2[C@H](O[C@@H]3[C@@H](O)[C@H](O)CO[C@H]3O)OC[C@@H](OC(C)=O)[C@@H]2O)[C@H](O)[C@@H](O)[C@@H]1OC(C)=O. The number of esters is 3. The summed E-state index contributed by atoms with van der Waals surface area (Å²) < 4.78 is 42.3. The second-order valence-corrected chi connectivity index (χ2v) is 9.22. The van der Waals surface area contributed by atoms with E-state index < -0.39 is 118 Å². The molecule has 3 aliphatic heterocycles. The molecule has 17 heteroatoms. The fraction of sp³-hybridized carbons (Fsp3) is 0.864. The molecule has 0 amide bonds. The van der Waals surface area contributed by atoms with Crippen molar-refractivity contribution in [2.24, 2.45) is 0 Å². The Balaban J connectivity index is 1.84. The summed E-state index contributed by atoms with van der Waals surface area (Å²) in [6, 6.07) is 0. The van der Waals surface area contributed by atoms with Crippen molar-refractivity contribution >= 4 is 17.9 Å². The highest BCUT2D eigenvalue weighted by Gasteiger charge is 2.53. The van der Waals surface area contributed by atoms with E-state index in [0.29, 0.717) is 0 Å². The molecule has 17 nitrogen and oxygen atoms in total. The molecule has 6 N–H and O–H groups in total. The first kappa shape index (κ1) is 31.5. The predicted molar refractivity (Wildman–Crippen MR) is 118 cm³/mol. The standard InChI is InChI=1S/C22H34O17/c1-7(23)32-6-12-17(36-9(3)25)15(29)16(30)21(37-12)39-19-14(28)11(35-8(2)24)5-34-22(19)38-18-13(27)10(26)4-33-20(18)31/h10-22,26-31H,4-6H2,1-3H3/t10-,11-,12-,13+,14+,15-,16-,17-,18-,19-,20-,21+,22+/m1/s1. The van der Waals surface area contributed by atoms with Crippen LogP contribution in [0.5, 0.6) is 0 Å². The van der Waals surface area contributed by atoms with Crippen LogP contribution in [0.3, 0.4) is 0 Å². The molecule has 0 aromatic heterocycles.